The largest absolute Gasteiger partial charge is 0.416 e. The molecule has 0 aliphatic carbocycles. The molecule has 0 saturated carbocycles. The number of hydrogen-bond donors (Lipinski definition) is 3. The number of amides is 2. The molecule has 3 N–H and O–H groups in total. The Hall–Kier alpha value is -2.76. The molecule has 1 aliphatic heterocycles. The minimum atomic E-state index is -4.48. The SMILES string of the molecule is Cc1cc(NC(=O)N2CC=C(c3ncc(C(F)(F)C(O)CO)cc3Cl)CC2)ccc1C(F)(F)F. The number of anilines is 1. The summed E-state index contributed by atoms with van der Waals surface area (Å²) in [5.74, 6) is -3.74. The molecule has 0 spiro atoms. The predicted octanol–water partition coefficient (Wildman–Crippen LogP) is 4.83. The van der Waals surface area contributed by atoms with Crippen LogP contribution in [-0.2, 0) is 12.1 Å². The van der Waals surface area contributed by atoms with Gasteiger partial charge in [-0.25, -0.2) is 4.79 Å². The molecule has 2 heterocycles. The Balaban J connectivity index is 1.68. The third kappa shape index (κ3) is 5.48. The van der Waals surface area contributed by atoms with Crippen molar-refractivity contribution in [2.24, 2.45) is 0 Å². The van der Waals surface area contributed by atoms with Gasteiger partial charge in [0.2, 0.25) is 0 Å². The molecule has 1 atom stereocenters. The smallest absolute Gasteiger partial charge is 0.393 e. The van der Waals surface area contributed by atoms with E-state index < -0.39 is 42.0 Å². The Kier molecular flexibility index (Phi) is 7.49. The van der Waals surface area contributed by atoms with Crippen molar-refractivity contribution in [1.82, 2.24) is 9.88 Å². The van der Waals surface area contributed by atoms with Crippen LogP contribution in [0.2, 0.25) is 5.02 Å². The van der Waals surface area contributed by atoms with Crippen LogP contribution in [0, 0.1) is 6.92 Å². The summed E-state index contributed by atoms with van der Waals surface area (Å²) in [6, 6.07) is 3.77. The normalized spacial score (nSPS) is 15.7. The number of nitrogens with one attached hydrogen (secondary N) is 1. The molecular formula is C22H21ClF5N3O3. The Labute approximate surface area is 196 Å². The van der Waals surface area contributed by atoms with E-state index in [0.29, 0.717) is 12.0 Å². The molecule has 3 rings (SSSR count). The number of nitrogens with zero attached hydrogens (tertiary/aromatic N) is 2. The Morgan fingerprint density at radius 3 is 2.50 bits per heavy atom. The number of carbonyl (C=O) groups excluding carboxylic acids is 1. The first-order chi connectivity index (χ1) is 15.8. The highest BCUT2D eigenvalue weighted by Crippen LogP contribution is 2.36. The molecule has 0 fully saturated rings. The fourth-order valence-electron chi connectivity index (χ4n) is 3.49. The third-order valence-corrected chi connectivity index (χ3v) is 5.69. The Morgan fingerprint density at radius 2 is 1.97 bits per heavy atom. The van der Waals surface area contributed by atoms with Crippen molar-refractivity contribution < 1.29 is 37.0 Å². The topological polar surface area (TPSA) is 85.7 Å². The second kappa shape index (κ2) is 9.85. The molecular weight excluding hydrogens is 485 g/mol. The molecule has 1 aromatic heterocycles. The molecule has 1 aromatic carbocycles. The number of carbonyl (C=O) groups is 1. The maximum atomic E-state index is 14.1. The van der Waals surface area contributed by atoms with Gasteiger partial charge in [0.15, 0.2) is 0 Å². The van der Waals surface area contributed by atoms with E-state index in [9.17, 15) is 31.9 Å². The number of halogens is 6. The van der Waals surface area contributed by atoms with Crippen LogP contribution < -0.4 is 5.32 Å². The number of benzene rings is 1. The quantitative estimate of drug-likeness (QED) is 0.508. The zero-order valence-corrected chi connectivity index (χ0v) is 18.6. The molecule has 2 aromatic rings. The van der Waals surface area contributed by atoms with Gasteiger partial charge in [-0.3, -0.25) is 4.98 Å². The lowest BCUT2D eigenvalue weighted by atomic mass is 10.0. The first-order valence-corrected chi connectivity index (χ1v) is 10.5. The maximum Gasteiger partial charge on any atom is 0.416 e. The number of pyridine rings is 1. The number of hydrogen-bond acceptors (Lipinski definition) is 4. The van der Waals surface area contributed by atoms with Gasteiger partial charge in [0.25, 0.3) is 0 Å². The molecule has 0 bridgehead atoms. The average molecular weight is 506 g/mol. The highest BCUT2D eigenvalue weighted by molar-refractivity contribution is 6.32. The molecule has 0 radical (unpaired) electrons. The maximum absolute atomic E-state index is 14.1. The molecule has 12 heteroatoms. The molecule has 34 heavy (non-hydrogen) atoms. The lowest BCUT2D eigenvalue weighted by Gasteiger charge is -2.27. The monoisotopic (exact) mass is 505 g/mol. The van der Waals surface area contributed by atoms with Gasteiger partial charge in [-0.2, -0.15) is 22.0 Å². The number of urea groups is 1. The van der Waals surface area contributed by atoms with Crippen molar-refractivity contribution in [2.75, 3.05) is 25.0 Å². The van der Waals surface area contributed by atoms with Crippen molar-refractivity contribution in [2.45, 2.75) is 31.5 Å². The number of aromatic nitrogens is 1. The van der Waals surface area contributed by atoms with E-state index in [-0.39, 0.29) is 35.1 Å². The van der Waals surface area contributed by atoms with Gasteiger partial charge in [-0.1, -0.05) is 17.7 Å². The number of aliphatic hydroxyl groups excluding tert-OH is 2. The van der Waals surface area contributed by atoms with E-state index in [0.717, 1.165) is 18.3 Å². The van der Waals surface area contributed by atoms with Gasteiger partial charge in [-0.05, 0) is 48.7 Å². The number of rotatable bonds is 5. The fraction of sp³-hybridized carbons (Fsp3) is 0.364. The summed E-state index contributed by atoms with van der Waals surface area (Å²) in [4.78, 5) is 17.9. The highest BCUT2D eigenvalue weighted by Gasteiger charge is 2.41. The summed E-state index contributed by atoms with van der Waals surface area (Å²) in [7, 11) is 0. The zero-order chi connectivity index (χ0) is 25.3. The van der Waals surface area contributed by atoms with Crippen LogP contribution in [0.15, 0.2) is 36.5 Å². The van der Waals surface area contributed by atoms with E-state index in [1.165, 1.54) is 24.0 Å². The first-order valence-electron chi connectivity index (χ1n) is 10.1. The van der Waals surface area contributed by atoms with Crippen molar-refractivity contribution in [3.63, 3.8) is 0 Å². The van der Waals surface area contributed by atoms with Gasteiger partial charge < -0.3 is 20.4 Å². The average Bonchev–Trinajstić information content (AvgIpc) is 2.77. The van der Waals surface area contributed by atoms with Crippen LogP contribution in [0.25, 0.3) is 5.57 Å². The molecule has 2 amide bonds. The molecule has 1 aliphatic rings. The minimum Gasteiger partial charge on any atom is -0.393 e. The summed E-state index contributed by atoms with van der Waals surface area (Å²) in [5, 5.41) is 20.6. The van der Waals surface area contributed by atoms with Crippen molar-refractivity contribution >= 4 is 28.9 Å². The van der Waals surface area contributed by atoms with Gasteiger partial charge in [-0.15, -0.1) is 0 Å². The Morgan fingerprint density at radius 1 is 1.26 bits per heavy atom. The van der Waals surface area contributed by atoms with Gasteiger partial charge >= 0.3 is 18.1 Å². The highest BCUT2D eigenvalue weighted by atomic mass is 35.5. The Bertz CT molecular complexity index is 1110. The van der Waals surface area contributed by atoms with Gasteiger partial charge in [0, 0.05) is 30.5 Å². The molecule has 0 saturated heterocycles. The van der Waals surface area contributed by atoms with Crippen molar-refractivity contribution in [3.8, 4) is 0 Å². The zero-order valence-electron chi connectivity index (χ0n) is 17.8. The standard InChI is InChI=1S/C22H21ClF5N3O3/c1-12-8-15(2-3-16(12)22(26,27)28)30-20(34)31-6-4-13(5-7-31)19-17(23)9-14(10-29-19)21(24,25)18(33)11-32/h2-4,8-10,18,32-33H,5-7,11H2,1H3,(H,30,34). The van der Waals surface area contributed by atoms with Crippen LogP contribution in [0.1, 0.15) is 28.8 Å². The van der Waals surface area contributed by atoms with E-state index >= 15 is 0 Å². The predicted molar refractivity (Wildman–Crippen MR) is 116 cm³/mol. The number of aryl methyl sites for hydroxylation is 1. The second-order valence-electron chi connectivity index (χ2n) is 7.76. The van der Waals surface area contributed by atoms with Crippen LogP contribution in [0.3, 0.4) is 0 Å². The van der Waals surface area contributed by atoms with Crippen molar-refractivity contribution in [3.05, 3.63) is 63.9 Å². The van der Waals surface area contributed by atoms with Crippen LogP contribution in [-0.4, -0.2) is 51.9 Å². The van der Waals surface area contributed by atoms with Crippen LogP contribution in [0.5, 0.6) is 0 Å². The van der Waals surface area contributed by atoms with Gasteiger partial charge in [0.1, 0.15) is 6.10 Å². The second-order valence-corrected chi connectivity index (χ2v) is 8.17. The van der Waals surface area contributed by atoms with Gasteiger partial charge in [0.05, 0.1) is 22.9 Å². The van der Waals surface area contributed by atoms with E-state index in [1.807, 2.05) is 0 Å². The van der Waals surface area contributed by atoms with Crippen molar-refractivity contribution in [1.29, 1.82) is 0 Å². The number of aliphatic hydroxyl groups is 2. The van der Waals surface area contributed by atoms with E-state index in [2.05, 4.69) is 10.3 Å². The third-order valence-electron chi connectivity index (χ3n) is 5.40. The molecule has 6 nitrogen and oxygen atoms in total. The lowest BCUT2D eigenvalue weighted by molar-refractivity contribution is -0.138. The van der Waals surface area contributed by atoms with E-state index in [1.54, 1.807) is 6.08 Å². The summed E-state index contributed by atoms with van der Waals surface area (Å²) in [5.41, 5.74) is -0.360. The summed E-state index contributed by atoms with van der Waals surface area (Å²) in [6.45, 7) is 0.536. The first kappa shape index (κ1) is 25.9. The fourth-order valence-corrected chi connectivity index (χ4v) is 3.78. The lowest BCUT2D eigenvalue weighted by Crippen LogP contribution is -2.38. The van der Waals surface area contributed by atoms with Crippen LogP contribution >= 0.6 is 11.6 Å². The minimum absolute atomic E-state index is 0.0209. The van der Waals surface area contributed by atoms with E-state index in [4.69, 9.17) is 16.7 Å². The van der Waals surface area contributed by atoms with Crippen LogP contribution in [0.4, 0.5) is 32.4 Å². The number of alkyl halides is 5. The summed E-state index contributed by atoms with van der Waals surface area (Å²) < 4.78 is 66.9. The molecule has 1 unspecified atom stereocenters. The summed E-state index contributed by atoms with van der Waals surface area (Å²) >= 11 is 6.13. The molecule has 184 valence electrons. The summed E-state index contributed by atoms with van der Waals surface area (Å²) in [6.07, 6.45) is -3.96.